The third-order valence-electron chi connectivity index (χ3n) is 3.07. The Morgan fingerprint density at radius 1 is 1.33 bits per heavy atom. The van der Waals surface area contributed by atoms with Gasteiger partial charge in [-0.05, 0) is 23.5 Å². The molecule has 0 heterocycles. The van der Waals surface area contributed by atoms with Crippen molar-refractivity contribution in [1.82, 2.24) is 0 Å². The lowest BCUT2D eigenvalue weighted by molar-refractivity contribution is 0.00772. The quantitative estimate of drug-likeness (QED) is 0.798. The molecule has 1 atom stereocenters. The van der Waals surface area contributed by atoms with E-state index in [0.29, 0.717) is 6.42 Å². The molecule has 0 bridgehead atoms. The summed E-state index contributed by atoms with van der Waals surface area (Å²) in [5.74, 6) is -2.61. The molecule has 0 aliphatic heterocycles. The average molecular weight is 212 g/mol. The molecule has 1 aromatic rings. The van der Waals surface area contributed by atoms with Crippen LogP contribution in [0.1, 0.15) is 36.3 Å². The first-order valence-electron chi connectivity index (χ1n) is 5.19. The molecule has 0 spiro atoms. The molecule has 3 heteroatoms. The van der Waals surface area contributed by atoms with E-state index in [-0.39, 0.29) is 25.4 Å². The fourth-order valence-corrected chi connectivity index (χ4v) is 2.29. The third kappa shape index (κ3) is 2.17. The van der Waals surface area contributed by atoms with Gasteiger partial charge in [-0.25, -0.2) is 8.78 Å². The predicted octanol–water partition coefficient (Wildman–Crippen LogP) is 3.08. The van der Waals surface area contributed by atoms with E-state index in [4.69, 9.17) is 5.11 Å². The Balaban J connectivity index is 2.23. The molecule has 1 aliphatic carbocycles. The largest absolute Gasteiger partial charge is 0.392 e. The third-order valence-corrected chi connectivity index (χ3v) is 3.07. The Hall–Kier alpha value is -0.960. The van der Waals surface area contributed by atoms with Crippen molar-refractivity contribution in [3.63, 3.8) is 0 Å². The highest BCUT2D eigenvalue weighted by molar-refractivity contribution is 5.31. The molecule has 1 N–H and O–H groups in total. The van der Waals surface area contributed by atoms with Crippen molar-refractivity contribution in [2.45, 2.75) is 37.7 Å². The molecule has 1 fully saturated rings. The zero-order valence-electron chi connectivity index (χ0n) is 8.42. The first kappa shape index (κ1) is 10.6. The minimum atomic E-state index is -2.52. The van der Waals surface area contributed by atoms with Crippen LogP contribution in [0.2, 0.25) is 0 Å². The molecule has 1 aromatic carbocycles. The van der Waals surface area contributed by atoms with Gasteiger partial charge in [0.15, 0.2) is 0 Å². The van der Waals surface area contributed by atoms with Crippen LogP contribution in [-0.4, -0.2) is 11.0 Å². The van der Waals surface area contributed by atoms with Crippen molar-refractivity contribution in [2.24, 2.45) is 0 Å². The minimum absolute atomic E-state index is 0.0303. The van der Waals surface area contributed by atoms with Crippen LogP contribution in [-0.2, 0) is 6.61 Å². The molecular weight excluding hydrogens is 198 g/mol. The molecular formula is C12H14F2O. The first-order valence-corrected chi connectivity index (χ1v) is 5.19. The molecule has 82 valence electrons. The molecule has 15 heavy (non-hydrogen) atoms. The van der Waals surface area contributed by atoms with Crippen molar-refractivity contribution in [3.8, 4) is 0 Å². The number of hydrogen-bond donors (Lipinski definition) is 1. The first-order chi connectivity index (χ1) is 7.12. The van der Waals surface area contributed by atoms with Crippen molar-refractivity contribution in [1.29, 1.82) is 0 Å². The van der Waals surface area contributed by atoms with Crippen LogP contribution in [0.5, 0.6) is 0 Å². The maximum atomic E-state index is 13.1. The Morgan fingerprint density at radius 2 is 2.07 bits per heavy atom. The van der Waals surface area contributed by atoms with E-state index in [1.54, 1.807) is 6.07 Å². The van der Waals surface area contributed by atoms with Gasteiger partial charge in [-0.1, -0.05) is 24.3 Å². The fraction of sp³-hybridized carbons (Fsp3) is 0.500. The second-order valence-corrected chi connectivity index (χ2v) is 4.15. The molecule has 0 saturated heterocycles. The molecule has 0 amide bonds. The van der Waals surface area contributed by atoms with Gasteiger partial charge in [-0.15, -0.1) is 0 Å². The number of benzene rings is 1. The SMILES string of the molecule is OCc1ccccc1C1CCC(F)(F)C1. The van der Waals surface area contributed by atoms with E-state index in [1.807, 2.05) is 18.2 Å². The van der Waals surface area contributed by atoms with Gasteiger partial charge in [-0.3, -0.25) is 0 Å². The number of rotatable bonds is 2. The number of alkyl halides is 2. The van der Waals surface area contributed by atoms with Crippen LogP contribution >= 0.6 is 0 Å². The maximum Gasteiger partial charge on any atom is 0.248 e. The topological polar surface area (TPSA) is 20.2 Å². The Labute approximate surface area is 87.7 Å². The molecule has 0 radical (unpaired) electrons. The van der Waals surface area contributed by atoms with Gasteiger partial charge >= 0.3 is 0 Å². The number of halogens is 2. The minimum Gasteiger partial charge on any atom is -0.392 e. The van der Waals surface area contributed by atoms with E-state index in [1.165, 1.54) is 0 Å². The molecule has 1 nitrogen and oxygen atoms in total. The summed E-state index contributed by atoms with van der Waals surface area (Å²) >= 11 is 0. The zero-order valence-corrected chi connectivity index (χ0v) is 8.42. The Kier molecular flexibility index (Phi) is 2.74. The lowest BCUT2D eigenvalue weighted by Crippen LogP contribution is -2.09. The van der Waals surface area contributed by atoms with E-state index >= 15 is 0 Å². The van der Waals surface area contributed by atoms with Crippen molar-refractivity contribution < 1.29 is 13.9 Å². The Morgan fingerprint density at radius 3 is 2.67 bits per heavy atom. The highest BCUT2D eigenvalue weighted by atomic mass is 19.3. The van der Waals surface area contributed by atoms with Crippen molar-refractivity contribution in [3.05, 3.63) is 35.4 Å². The second-order valence-electron chi connectivity index (χ2n) is 4.15. The van der Waals surface area contributed by atoms with Crippen LogP contribution < -0.4 is 0 Å². The smallest absolute Gasteiger partial charge is 0.248 e. The van der Waals surface area contributed by atoms with Crippen molar-refractivity contribution in [2.75, 3.05) is 0 Å². The molecule has 2 rings (SSSR count). The normalized spacial score (nSPS) is 24.3. The highest BCUT2D eigenvalue weighted by Gasteiger charge is 2.40. The monoisotopic (exact) mass is 212 g/mol. The summed E-state index contributed by atoms with van der Waals surface area (Å²) in [6.45, 7) is -0.0712. The van der Waals surface area contributed by atoms with E-state index < -0.39 is 5.92 Å². The summed E-state index contributed by atoms with van der Waals surface area (Å²) in [7, 11) is 0. The van der Waals surface area contributed by atoms with Gasteiger partial charge in [0.25, 0.3) is 0 Å². The van der Waals surface area contributed by atoms with Gasteiger partial charge < -0.3 is 5.11 Å². The van der Waals surface area contributed by atoms with E-state index in [9.17, 15) is 8.78 Å². The number of hydrogen-bond acceptors (Lipinski definition) is 1. The van der Waals surface area contributed by atoms with Gasteiger partial charge in [0, 0.05) is 12.8 Å². The second kappa shape index (κ2) is 3.89. The van der Waals surface area contributed by atoms with Crippen LogP contribution in [0.4, 0.5) is 8.78 Å². The molecule has 1 saturated carbocycles. The summed E-state index contributed by atoms with van der Waals surface area (Å²) in [6.07, 6.45) is 0.408. The summed E-state index contributed by atoms with van der Waals surface area (Å²) in [4.78, 5) is 0. The summed E-state index contributed by atoms with van der Waals surface area (Å²) in [5.41, 5.74) is 1.66. The van der Waals surface area contributed by atoms with Crippen LogP contribution in [0, 0.1) is 0 Å². The van der Waals surface area contributed by atoms with Gasteiger partial charge in [-0.2, -0.15) is 0 Å². The van der Waals surface area contributed by atoms with E-state index in [0.717, 1.165) is 11.1 Å². The van der Waals surface area contributed by atoms with Gasteiger partial charge in [0.2, 0.25) is 5.92 Å². The van der Waals surface area contributed by atoms with Crippen LogP contribution in [0.15, 0.2) is 24.3 Å². The lowest BCUT2D eigenvalue weighted by atomic mass is 9.93. The summed E-state index contributed by atoms with van der Waals surface area (Å²) in [6, 6.07) is 7.30. The summed E-state index contributed by atoms with van der Waals surface area (Å²) in [5, 5.41) is 9.12. The Bertz CT molecular complexity index is 349. The number of aliphatic hydroxyl groups excluding tert-OH is 1. The van der Waals surface area contributed by atoms with Gasteiger partial charge in [0.1, 0.15) is 0 Å². The standard InChI is InChI=1S/C12H14F2O/c13-12(14)6-5-9(7-12)11-4-2-1-3-10(11)8-15/h1-4,9,15H,5-8H2. The molecule has 1 aliphatic rings. The van der Waals surface area contributed by atoms with E-state index in [2.05, 4.69) is 0 Å². The predicted molar refractivity (Wildman–Crippen MR) is 53.9 cm³/mol. The van der Waals surface area contributed by atoms with Crippen molar-refractivity contribution >= 4 is 0 Å². The van der Waals surface area contributed by atoms with Crippen LogP contribution in [0.3, 0.4) is 0 Å². The van der Waals surface area contributed by atoms with Gasteiger partial charge in [0.05, 0.1) is 6.61 Å². The highest BCUT2D eigenvalue weighted by Crippen LogP contribution is 2.44. The molecule has 0 aromatic heterocycles. The number of aliphatic hydroxyl groups is 1. The summed E-state index contributed by atoms with van der Waals surface area (Å²) < 4.78 is 26.1. The maximum absolute atomic E-state index is 13.1. The zero-order chi connectivity index (χ0) is 10.9. The molecule has 1 unspecified atom stereocenters. The lowest BCUT2D eigenvalue weighted by Gasteiger charge is -2.14. The average Bonchev–Trinajstić information content (AvgIpc) is 2.59. The fourth-order valence-electron chi connectivity index (χ4n) is 2.29. The van der Waals surface area contributed by atoms with Crippen LogP contribution in [0.25, 0.3) is 0 Å².